The van der Waals surface area contributed by atoms with Crippen molar-refractivity contribution in [2.24, 2.45) is 5.73 Å². The molecule has 0 aliphatic rings. The van der Waals surface area contributed by atoms with Gasteiger partial charge in [-0.3, -0.25) is 0 Å². The summed E-state index contributed by atoms with van der Waals surface area (Å²) in [6, 6.07) is 21.3. The summed E-state index contributed by atoms with van der Waals surface area (Å²) in [7, 11) is 0. The highest BCUT2D eigenvalue weighted by Gasteiger charge is 2.18. The lowest BCUT2D eigenvalue weighted by atomic mass is 10.1. The van der Waals surface area contributed by atoms with E-state index < -0.39 is 18.0 Å². The first kappa shape index (κ1) is 32.4. The van der Waals surface area contributed by atoms with E-state index >= 15 is 0 Å². The fraction of sp³-hybridized carbons (Fsp3) is 0.394. The van der Waals surface area contributed by atoms with Gasteiger partial charge in [0.15, 0.2) is 0 Å². The molecule has 3 aromatic carbocycles. The van der Waals surface area contributed by atoms with Crippen LogP contribution < -0.4 is 20.7 Å². The number of nitrogens with zero attached hydrogens (tertiary/aromatic N) is 1. The van der Waals surface area contributed by atoms with Crippen LogP contribution in [0.4, 0.5) is 5.69 Å². The van der Waals surface area contributed by atoms with Gasteiger partial charge in [-0.05, 0) is 67.4 Å². The second-order valence-electron chi connectivity index (χ2n) is 9.83. The lowest BCUT2D eigenvalue weighted by Crippen LogP contribution is -2.35. The smallest absolute Gasteiger partial charge is 0.348 e. The number of carbonyl (C=O) groups excluding carboxylic acids is 2. The molecule has 42 heavy (non-hydrogen) atoms. The highest BCUT2D eigenvalue weighted by molar-refractivity contribution is 5.91. The maximum absolute atomic E-state index is 12.7. The molecule has 0 aliphatic heterocycles. The molecular weight excluding hydrogens is 534 g/mol. The van der Waals surface area contributed by atoms with Crippen LogP contribution in [0.2, 0.25) is 0 Å². The zero-order valence-electron chi connectivity index (χ0n) is 24.8. The monoisotopic (exact) mass is 577 g/mol. The minimum Gasteiger partial charge on any atom is -0.491 e. The molecule has 3 N–H and O–H groups in total. The van der Waals surface area contributed by atoms with Crippen LogP contribution in [0.1, 0.15) is 55.1 Å². The van der Waals surface area contributed by atoms with Crippen LogP contribution >= 0.6 is 0 Å². The molecule has 0 bridgehead atoms. The number of hydrogen-bond acceptors (Lipinski definition) is 9. The number of carbonyl (C=O) groups is 2. The van der Waals surface area contributed by atoms with Crippen molar-refractivity contribution in [1.29, 1.82) is 0 Å². The molecule has 0 saturated heterocycles. The van der Waals surface area contributed by atoms with Crippen molar-refractivity contribution in [2.45, 2.75) is 52.7 Å². The van der Waals surface area contributed by atoms with E-state index in [9.17, 15) is 9.59 Å². The first-order valence-electron chi connectivity index (χ1n) is 14.6. The van der Waals surface area contributed by atoms with Gasteiger partial charge in [0.05, 0.1) is 12.2 Å². The normalized spacial score (nSPS) is 11.5. The van der Waals surface area contributed by atoms with Crippen molar-refractivity contribution < 1.29 is 28.6 Å². The third kappa shape index (κ3) is 10.7. The van der Waals surface area contributed by atoms with Gasteiger partial charge < -0.3 is 29.7 Å². The molecule has 9 nitrogen and oxygen atoms in total. The summed E-state index contributed by atoms with van der Waals surface area (Å²) in [5.41, 5.74) is 11.5. The first-order valence-corrected chi connectivity index (χ1v) is 14.6. The largest absolute Gasteiger partial charge is 0.491 e. The molecule has 1 atom stereocenters. The van der Waals surface area contributed by atoms with E-state index in [0.717, 1.165) is 42.8 Å². The second kappa shape index (κ2) is 17.7. The Hall–Kier alpha value is -4.08. The van der Waals surface area contributed by atoms with Crippen LogP contribution in [-0.2, 0) is 27.4 Å². The summed E-state index contributed by atoms with van der Waals surface area (Å²) < 4.78 is 17.1. The van der Waals surface area contributed by atoms with Gasteiger partial charge in [0.1, 0.15) is 36.4 Å². The lowest BCUT2D eigenvalue weighted by molar-refractivity contribution is -0.142. The van der Waals surface area contributed by atoms with E-state index in [-0.39, 0.29) is 6.42 Å². The van der Waals surface area contributed by atoms with E-state index in [1.807, 2.05) is 54.6 Å². The average Bonchev–Trinajstić information content (AvgIpc) is 3.02. The number of rotatable bonds is 18. The summed E-state index contributed by atoms with van der Waals surface area (Å²) in [5.74, 6) is 0.0460. The maximum Gasteiger partial charge on any atom is 0.348 e. The van der Waals surface area contributed by atoms with Crippen molar-refractivity contribution >= 4 is 17.6 Å². The Morgan fingerprint density at radius 1 is 0.881 bits per heavy atom. The summed E-state index contributed by atoms with van der Waals surface area (Å²) in [6.45, 7) is 9.86. The molecule has 3 aromatic rings. The number of unbranched alkanes of at least 4 members (excludes halogenated alkanes) is 1. The summed E-state index contributed by atoms with van der Waals surface area (Å²) in [5, 5.41) is 0. The number of likely N-dealkylation sites (N-methyl/N-ethyl adjacent to an activating group) is 1. The highest BCUT2D eigenvalue weighted by atomic mass is 16.7. The molecule has 0 radical (unpaired) electrons. The Morgan fingerprint density at radius 3 is 2.31 bits per heavy atom. The quantitative estimate of drug-likeness (QED) is 0.117. The first-order chi connectivity index (χ1) is 20.4. The van der Waals surface area contributed by atoms with Gasteiger partial charge in [0.25, 0.3) is 0 Å². The van der Waals surface area contributed by atoms with Crippen LogP contribution in [0.25, 0.3) is 0 Å². The molecular formula is C33H43N3O6. The van der Waals surface area contributed by atoms with Crippen molar-refractivity contribution in [3.63, 3.8) is 0 Å². The fourth-order valence-corrected chi connectivity index (χ4v) is 4.05. The fourth-order valence-electron chi connectivity index (χ4n) is 4.05. The van der Waals surface area contributed by atoms with Crippen molar-refractivity contribution in [2.75, 3.05) is 38.3 Å². The predicted molar refractivity (Wildman–Crippen MR) is 164 cm³/mol. The maximum atomic E-state index is 12.7. The number of esters is 1. The number of benzene rings is 3. The summed E-state index contributed by atoms with van der Waals surface area (Å²) in [6.07, 6.45) is 2.07. The van der Waals surface area contributed by atoms with Gasteiger partial charge in [-0.25, -0.2) is 15.1 Å². The highest BCUT2D eigenvalue weighted by Crippen LogP contribution is 2.27. The molecule has 0 aromatic heterocycles. The van der Waals surface area contributed by atoms with Gasteiger partial charge in [0, 0.05) is 6.54 Å². The number of nitrogens with two attached hydrogens (primary N) is 1. The predicted octanol–water partition coefficient (Wildman–Crippen LogP) is 5.38. The topological polar surface area (TPSA) is 112 Å². The molecule has 0 fully saturated rings. The van der Waals surface area contributed by atoms with E-state index in [0.29, 0.717) is 43.4 Å². The number of nitrogens with one attached hydrogen (secondary N) is 1. The van der Waals surface area contributed by atoms with Gasteiger partial charge in [-0.1, -0.05) is 69.7 Å². The SMILES string of the molecule is CCCCOc1cc(C(=O)OCCN(CC)CC)ccc1NOC(=O)[C@H](N)Cc1ccc(OCc2ccccc2)cc1. The van der Waals surface area contributed by atoms with Crippen LogP contribution in [0.3, 0.4) is 0 Å². The Kier molecular flexibility index (Phi) is 13.6. The van der Waals surface area contributed by atoms with E-state index in [1.54, 1.807) is 18.2 Å². The van der Waals surface area contributed by atoms with Gasteiger partial charge in [0.2, 0.25) is 0 Å². The average molecular weight is 578 g/mol. The summed E-state index contributed by atoms with van der Waals surface area (Å²) >= 11 is 0. The minimum absolute atomic E-state index is 0.289. The molecule has 0 unspecified atom stereocenters. The molecule has 0 saturated carbocycles. The zero-order valence-corrected chi connectivity index (χ0v) is 24.8. The Balaban J connectivity index is 1.53. The third-order valence-corrected chi connectivity index (χ3v) is 6.70. The molecule has 0 spiro atoms. The van der Waals surface area contributed by atoms with Crippen molar-refractivity contribution in [1.82, 2.24) is 4.90 Å². The van der Waals surface area contributed by atoms with Crippen LogP contribution in [-0.4, -0.2) is 55.7 Å². The zero-order chi connectivity index (χ0) is 30.2. The number of anilines is 1. The number of ether oxygens (including phenoxy) is 3. The molecule has 0 amide bonds. The number of hydrogen-bond donors (Lipinski definition) is 2. The van der Waals surface area contributed by atoms with Crippen LogP contribution in [0, 0.1) is 0 Å². The third-order valence-electron chi connectivity index (χ3n) is 6.70. The van der Waals surface area contributed by atoms with E-state index in [4.69, 9.17) is 24.8 Å². The van der Waals surface area contributed by atoms with Gasteiger partial charge in [-0.15, -0.1) is 0 Å². The van der Waals surface area contributed by atoms with E-state index in [1.165, 1.54) is 0 Å². The minimum atomic E-state index is -0.891. The van der Waals surface area contributed by atoms with Crippen LogP contribution in [0.5, 0.6) is 11.5 Å². The molecule has 3 rings (SSSR count). The van der Waals surface area contributed by atoms with E-state index in [2.05, 4.69) is 31.2 Å². The Morgan fingerprint density at radius 2 is 1.62 bits per heavy atom. The Labute approximate surface area is 248 Å². The lowest BCUT2D eigenvalue weighted by Gasteiger charge is -2.18. The molecule has 226 valence electrons. The van der Waals surface area contributed by atoms with Gasteiger partial charge >= 0.3 is 11.9 Å². The van der Waals surface area contributed by atoms with Crippen LogP contribution in [0.15, 0.2) is 72.8 Å². The van der Waals surface area contributed by atoms with Crippen molar-refractivity contribution in [3.8, 4) is 11.5 Å². The Bertz CT molecular complexity index is 1230. The second-order valence-corrected chi connectivity index (χ2v) is 9.83. The van der Waals surface area contributed by atoms with Crippen molar-refractivity contribution in [3.05, 3.63) is 89.5 Å². The molecule has 9 heteroatoms. The van der Waals surface area contributed by atoms with Gasteiger partial charge in [-0.2, -0.15) is 0 Å². The molecule has 0 aliphatic carbocycles. The summed E-state index contributed by atoms with van der Waals surface area (Å²) in [4.78, 5) is 32.8. The standard InChI is InChI=1S/C33H43N3O6/c1-4-7-20-39-31-23-27(32(37)40-21-19-36(5-2)6-3)15-18-30(31)35-42-33(38)29(34)22-25-13-16-28(17-14-25)41-24-26-11-9-8-10-12-26/h8-18,23,29,35H,4-7,19-22,24,34H2,1-3H3/t29-/m1/s1. The molecule has 0 heterocycles.